The standard InChI is InChI=1S/C14H15N3O/c18-14(13-9-15-16-10-13)17-7-5-11-3-1-2-4-12(11)6-8-17/h1-4,9-10H,5-8H2,(H,15,16). The van der Waals surface area contributed by atoms with Crippen molar-refractivity contribution in [2.45, 2.75) is 12.8 Å². The van der Waals surface area contributed by atoms with Gasteiger partial charge < -0.3 is 4.90 Å². The summed E-state index contributed by atoms with van der Waals surface area (Å²) in [5, 5.41) is 6.51. The van der Waals surface area contributed by atoms with Crippen molar-refractivity contribution >= 4 is 5.91 Å². The molecule has 0 bridgehead atoms. The lowest BCUT2D eigenvalue weighted by atomic mass is 10.0. The first kappa shape index (κ1) is 11.0. The van der Waals surface area contributed by atoms with Gasteiger partial charge in [-0.05, 0) is 24.0 Å². The van der Waals surface area contributed by atoms with Crippen LogP contribution in [0.4, 0.5) is 0 Å². The van der Waals surface area contributed by atoms with Gasteiger partial charge in [0.15, 0.2) is 0 Å². The minimum atomic E-state index is 0.0663. The summed E-state index contributed by atoms with van der Waals surface area (Å²) in [4.78, 5) is 14.1. The van der Waals surface area contributed by atoms with Crippen molar-refractivity contribution in [1.82, 2.24) is 15.1 Å². The van der Waals surface area contributed by atoms with Gasteiger partial charge in [-0.2, -0.15) is 5.10 Å². The Morgan fingerprint density at radius 2 is 1.83 bits per heavy atom. The third-order valence-electron chi connectivity index (χ3n) is 3.45. The van der Waals surface area contributed by atoms with Crippen LogP contribution in [0.5, 0.6) is 0 Å². The van der Waals surface area contributed by atoms with Crippen molar-refractivity contribution in [3.63, 3.8) is 0 Å². The maximum absolute atomic E-state index is 12.2. The predicted molar refractivity (Wildman–Crippen MR) is 68.3 cm³/mol. The van der Waals surface area contributed by atoms with Crippen LogP contribution in [0.2, 0.25) is 0 Å². The highest BCUT2D eigenvalue weighted by Gasteiger charge is 2.19. The highest BCUT2D eigenvalue weighted by atomic mass is 16.2. The lowest BCUT2D eigenvalue weighted by Crippen LogP contribution is -2.33. The highest BCUT2D eigenvalue weighted by molar-refractivity contribution is 5.93. The molecule has 4 heteroatoms. The van der Waals surface area contributed by atoms with E-state index < -0.39 is 0 Å². The molecule has 18 heavy (non-hydrogen) atoms. The number of benzene rings is 1. The Kier molecular flexibility index (Phi) is 2.84. The summed E-state index contributed by atoms with van der Waals surface area (Å²) in [7, 11) is 0. The van der Waals surface area contributed by atoms with Crippen LogP contribution in [0, 0.1) is 0 Å². The molecule has 4 nitrogen and oxygen atoms in total. The van der Waals surface area contributed by atoms with Crippen molar-refractivity contribution in [2.75, 3.05) is 13.1 Å². The number of H-pyrrole nitrogens is 1. The molecule has 0 radical (unpaired) electrons. The Morgan fingerprint density at radius 1 is 1.17 bits per heavy atom. The Labute approximate surface area is 106 Å². The number of aromatic nitrogens is 2. The van der Waals surface area contributed by atoms with Gasteiger partial charge in [0, 0.05) is 19.3 Å². The number of amides is 1. The number of nitrogens with zero attached hydrogens (tertiary/aromatic N) is 2. The van der Waals surface area contributed by atoms with E-state index in [1.54, 1.807) is 12.4 Å². The molecule has 1 aromatic heterocycles. The minimum Gasteiger partial charge on any atom is -0.338 e. The Balaban J connectivity index is 1.77. The molecule has 0 spiro atoms. The molecule has 0 fully saturated rings. The normalized spacial score (nSPS) is 15.0. The molecule has 0 atom stereocenters. The monoisotopic (exact) mass is 241 g/mol. The van der Waals surface area contributed by atoms with Crippen molar-refractivity contribution in [3.8, 4) is 0 Å². The summed E-state index contributed by atoms with van der Waals surface area (Å²) in [5.41, 5.74) is 3.36. The fraction of sp³-hybridized carbons (Fsp3) is 0.286. The molecular formula is C14H15N3O. The quantitative estimate of drug-likeness (QED) is 0.825. The van der Waals surface area contributed by atoms with Gasteiger partial charge >= 0.3 is 0 Å². The van der Waals surface area contributed by atoms with Crippen LogP contribution < -0.4 is 0 Å². The average molecular weight is 241 g/mol. The number of carbonyl (C=O) groups is 1. The molecule has 92 valence electrons. The molecule has 0 saturated heterocycles. The van der Waals surface area contributed by atoms with Crippen molar-refractivity contribution in [3.05, 3.63) is 53.3 Å². The molecule has 0 aliphatic carbocycles. The molecule has 3 rings (SSSR count). The molecule has 1 N–H and O–H groups in total. The first-order valence-corrected chi connectivity index (χ1v) is 6.19. The van der Waals surface area contributed by atoms with Crippen LogP contribution in [0.1, 0.15) is 21.5 Å². The fourth-order valence-electron chi connectivity index (χ4n) is 2.42. The van der Waals surface area contributed by atoms with Gasteiger partial charge in [0.2, 0.25) is 0 Å². The number of fused-ring (bicyclic) bond motifs is 1. The van der Waals surface area contributed by atoms with E-state index in [0.29, 0.717) is 5.56 Å². The maximum Gasteiger partial charge on any atom is 0.257 e. The summed E-state index contributed by atoms with van der Waals surface area (Å²) in [5.74, 6) is 0.0663. The Morgan fingerprint density at radius 3 is 2.39 bits per heavy atom. The van der Waals surface area contributed by atoms with E-state index in [1.165, 1.54) is 11.1 Å². The summed E-state index contributed by atoms with van der Waals surface area (Å²) >= 11 is 0. The van der Waals surface area contributed by atoms with E-state index in [2.05, 4.69) is 34.5 Å². The zero-order valence-corrected chi connectivity index (χ0v) is 10.1. The van der Waals surface area contributed by atoms with E-state index in [-0.39, 0.29) is 5.91 Å². The third-order valence-corrected chi connectivity index (χ3v) is 3.45. The van der Waals surface area contributed by atoms with Gasteiger partial charge in [-0.1, -0.05) is 24.3 Å². The molecule has 0 saturated carbocycles. The van der Waals surface area contributed by atoms with E-state index in [0.717, 1.165) is 25.9 Å². The van der Waals surface area contributed by atoms with Crippen LogP contribution >= 0.6 is 0 Å². The zero-order chi connectivity index (χ0) is 12.4. The number of nitrogens with one attached hydrogen (secondary N) is 1. The van der Waals surface area contributed by atoms with Crippen molar-refractivity contribution < 1.29 is 4.79 Å². The van der Waals surface area contributed by atoms with E-state index >= 15 is 0 Å². The zero-order valence-electron chi connectivity index (χ0n) is 10.1. The molecule has 1 aliphatic rings. The molecule has 2 heterocycles. The van der Waals surface area contributed by atoms with E-state index in [4.69, 9.17) is 0 Å². The second kappa shape index (κ2) is 4.64. The highest BCUT2D eigenvalue weighted by Crippen LogP contribution is 2.16. The van der Waals surface area contributed by atoms with Crippen molar-refractivity contribution in [1.29, 1.82) is 0 Å². The molecule has 1 aromatic carbocycles. The van der Waals surface area contributed by atoms with E-state index in [9.17, 15) is 4.79 Å². The summed E-state index contributed by atoms with van der Waals surface area (Å²) < 4.78 is 0. The Bertz CT molecular complexity index is 521. The lowest BCUT2D eigenvalue weighted by molar-refractivity contribution is 0.0763. The van der Waals surface area contributed by atoms with Crippen LogP contribution in [-0.2, 0) is 12.8 Å². The molecule has 0 unspecified atom stereocenters. The third kappa shape index (κ3) is 2.01. The molecule has 1 aliphatic heterocycles. The van der Waals surface area contributed by atoms with Gasteiger partial charge in [-0.3, -0.25) is 9.89 Å². The summed E-state index contributed by atoms with van der Waals surface area (Å²) in [6, 6.07) is 8.43. The van der Waals surface area contributed by atoms with Gasteiger partial charge in [-0.25, -0.2) is 0 Å². The summed E-state index contributed by atoms with van der Waals surface area (Å²) in [6.07, 6.45) is 5.10. The minimum absolute atomic E-state index is 0.0663. The van der Waals surface area contributed by atoms with Gasteiger partial charge in [0.25, 0.3) is 5.91 Å². The fourth-order valence-corrected chi connectivity index (χ4v) is 2.42. The number of rotatable bonds is 1. The van der Waals surface area contributed by atoms with Crippen LogP contribution in [0.15, 0.2) is 36.7 Å². The molecule has 2 aromatic rings. The van der Waals surface area contributed by atoms with Crippen LogP contribution in [0.25, 0.3) is 0 Å². The van der Waals surface area contributed by atoms with Crippen LogP contribution in [-0.4, -0.2) is 34.1 Å². The maximum atomic E-state index is 12.2. The topological polar surface area (TPSA) is 49.0 Å². The second-order valence-corrected chi connectivity index (χ2v) is 4.55. The number of carbonyl (C=O) groups excluding carboxylic acids is 1. The number of hydrogen-bond acceptors (Lipinski definition) is 2. The number of hydrogen-bond donors (Lipinski definition) is 1. The van der Waals surface area contributed by atoms with Crippen molar-refractivity contribution in [2.24, 2.45) is 0 Å². The summed E-state index contributed by atoms with van der Waals surface area (Å²) in [6.45, 7) is 1.56. The molecule has 1 amide bonds. The number of aromatic amines is 1. The van der Waals surface area contributed by atoms with E-state index in [1.807, 2.05) is 4.90 Å². The SMILES string of the molecule is O=C(c1cn[nH]c1)N1CCc2ccccc2CC1. The largest absolute Gasteiger partial charge is 0.338 e. The Hall–Kier alpha value is -2.10. The van der Waals surface area contributed by atoms with Gasteiger partial charge in [0.1, 0.15) is 0 Å². The molecular weight excluding hydrogens is 226 g/mol. The lowest BCUT2D eigenvalue weighted by Gasteiger charge is -2.19. The van der Waals surface area contributed by atoms with Gasteiger partial charge in [-0.15, -0.1) is 0 Å². The van der Waals surface area contributed by atoms with Gasteiger partial charge in [0.05, 0.1) is 11.8 Å². The first-order chi connectivity index (χ1) is 8.84. The smallest absolute Gasteiger partial charge is 0.257 e. The predicted octanol–water partition coefficient (Wildman–Crippen LogP) is 1.65. The van der Waals surface area contributed by atoms with Crippen LogP contribution in [0.3, 0.4) is 0 Å². The second-order valence-electron chi connectivity index (χ2n) is 4.55. The first-order valence-electron chi connectivity index (χ1n) is 6.19. The average Bonchev–Trinajstić information content (AvgIpc) is 2.85.